The molecule has 3 rings (SSSR count). The minimum Gasteiger partial charge on any atom is -0.351 e. The molecule has 2 heterocycles. The van der Waals surface area contributed by atoms with E-state index in [9.17, 15) is 13.2 Å². The third kappa shape index (κ3) is 4.29. The van der Waals surface area contributed by atoms with Crippen LogP contribution in [0.25, 0.3) is 0 Å². The van der Waals surface area contributed by atoms with Crippen LogP contribution in [0.2, 0.25) is 0 Å². The van der Waals surface area contributed by atoms with Crippen molar-refractivity contribution in [2.24, 2.45) is 5.92 Å². The number of piperidine rings is 1. The molecule has 1 saturated heterocycles. The number of amides is 1. The van der Waals surface area contributed by atoms with Crippen LogP contribution >= 0.6 is 11.3 Å². The van der Waals surface area contributed by atoms with E-state index in [2.05, 4.69) is 5.32 Å². The number of thiophene rings is 1. The third-order valence-corrected chi connectivity index (χ3v) is 7.19. The number of carbonyl (C=O) groups is 1. The van der Waals surface area contributed by atoms with E-state index in [0.717, 1.165) is 16.9 Å². The Balaban J connectivity index is 1.65. The molecule has 1 aromatic heterocycles. The fourth-order valence-electron chi connectivity index (χ4n) is 2.97. The van der Waals surface area contributed by atoms with Crippen LogP contribution in [-0.2, 0) is 21.4 Å². The summed E-state index contributed by atoms with van der Waals surface area (Å²) in [6, 6.07) is 10.8. The van der Waals surface area contributed by atoms with Gasteiger partial charge in [-0.25, -0.2) is 8.42 Å². The van der Waals surface area contributed by atoms with E-state index in [-0.39, 0.29) is 23.3 Å². The maximum atomic E-state index is 12.8. The van der Waals surface area contributed by atoms with E-state index in [4.69, 9.17) is 0 Å². The highest BCUT2D eigenvalue weighted by Crippen LogP contribution is 2.24. The molecular weight excluding hydrogens is 356 g/mol. The van der Waals surface area contributed by atoms with Crippen LogP contribution in [0.5, 0.6) is 0 Å². The lowest BCUT2D eigenvalue weighted by molar-refractivity contribution is -0.126. The molecule has 5 nitrogen and oxygen atoms in total. The van der Waals surface area contributed by atoms with Crippen molar-refractivity contribution in [1.29, 1.82) is 0 Å². The van der Waals surface area contributed by atoms with Gasteiger partial charge >= 0.3 is 0 Å². The summed E-state index contributed by atoms with van der Waals surface area (Å²) in [5, 5.41) is 4.89. The number of rotatable bonds is 5. The van der Waals surface area contributed by atoms with E-state index in [1.807, 2.05) is 24.4 Å². The van der Waals surface area contributed by atoms with Gasteiger partial charge < -0.3 is 5.32 Å². The first-order chi connectivity index (χ1) is 12.0. The zero-order chi connectivity index (χ0) is 17.9. The van der Waals surface area contributed by atoms with Crippen LogP contribution in [0.15, 0.2) is 46.7 Å². The van der Waals surface area contributed by atoms with Gasteiger partial charge in [-0.15, -0.1) is 11.3 Å². The molecule has 0 spiro atoms. The quantitative estimate of drug-likeness (QED) is 0.870. The molecule has 1 aliphatic rings. The minimum atomic E-state index is -3.55. The van der Waals surface area contributed by atoms with Crippen LogP contribution in [-0.4, -0.2) is 31.7 Å². The van der Waals surface area contributed by atoms with Crippen molar-refractivity contribution >= 4 is 27.3 Å². The molecule has 25 heavy (non-hydrogen) atoms. The SMILES string of the molecule is Cc1ccc(S(=O)(=O)N2CCC[C@H](C(=O)NCc3cccs3)C2)cc1. The van der Waals surface area contributed by atoms with Gasteiger partial charge in [-0.3, -0.25) is 4.79 Å². The molecule has 0 saturated carbocycles. The highest BCUT2D eigenvalue weighted by atomic mass is 32.2. The number of carbonyl (C=O) groups excluding carboxylic acids is 1. The number of sulfonamides is 1. The van der Waals surface area contributed by atoms with Crippen molar-refractivity contribution in [3.05, 3.63) is 52.2 Å². The Morgan fingerprint density at radius 2 is 2.04 bits per heavy atom. The number of nitrogens with zero attached hydrogens (tertiary/aromatic N) is 1. The maximum Gasteiger partial charge on any atom is 0.243 e. The minimum absolute atomic E-state index is 0.0720. The molecule has 1 fully saturated rings. The van der Waals surface area contributed by atoms with Crippen molar-refractivity contribution in [3.63, 3.8) is 0 Å². The number of nitrogens with one attached hydrogen (secondary N) is 1. The summed E-state index contributed by atoms with van der Waals surface area (Å²) in [5.41, 5.74) is 1.02. The van der Waals surface area contributed by atoms with Crippen LogP contribution in [0.3, 0.4) is 0 Å². The first-order valence-corrected chi connectivity index (χ1v) is 10.7. The predicted molar refractivity (Wildman–Crippen MR) is 98.8 cm³/mol. The summed E-state index contributed by atoms with van der Waals surface area (Å²) in [4.78, 5) is 13.8. The zero-order valence-corrected chi connectivity index (χ0v) is 15.8. The molecule has 2 aromatic rings. The molecule has 0 radical (unpaired) electrons. The second-order valence-corrected chi connectivity index (χ2v) is 9.28. The maximum absolute atomic E-state index is 12.8. The second-order valence-electron chi connectivity index (χ2n) is 6.31. The van der Waals surface area contributed by atoms with Gasteiger partial charge in [0.15, 0.2) is 0 Å². The summed E-state index contributed by atoms with van der Waals surface area (Å²) in [6.07, 6.45) is 1.42. The fraction of sp³-hybridized carbons (Fsp3) is 0.389. The topological polar surface area (TPSA) is 66.5 Å². The molecule has 0 unspecified atom stereocenters. The van der Waals surface area contributed by atoms with Crippen molar-refractivity contribution in [3.8, 4) is 0 Å². The standard InChI is InChI=1S/C18H22N2O3S2/c1-14-6-8-17(9-7-14)25(22,23)20-10-2-4-15(13-20)18(21)19-12-16-5-3-11-24-16/h3,5-9,11,15H,2,4,10,12-13H2,1H3,(H,19,21)/t15-/m0/s1. The summed E-state index contributed by atoms with van der Waals surface area (Å²) in [5.74, 6) is -0.369. The largest absolute Gasteiger partial charge is 0.351 e. The van der Waals surface area contributed by atoms with Gasteiger partial charge in [0.05, 0.1) is 17.4 Å². The fourth-order valence-corrected chi connectivity index (χ4v) is 5.13. The van der Waals surface area contributed by atoms with E-state index < -0.39 is 10.0 Å². The summed E-state index contributed by atoms with van der Waals surface area (Å²) in [7, 11) is -3.55. The second kappa shape index (κ2) is 7.68. The van der Waals surface area contributed by atoms with Crippen molar-refractivity contribution in [2.45, 2.75) is 31.2 Å². The Hall–Kier alpha value is -1.70. The van der Waals surface area contributed by atoms with E-state index in [1.165, 1.54) is 4.31 Å². The lowest BCUT2D eigenvalue weighted by atomic mass is 9.99. The Kier molecular flexibility index (Phi) is 5.56. The molecule has 134 valence electrons. The van der Waals surface area contributed by atoms with E-state index in [1.54, 1.807) is 35.6 Å². The van der Waals surface area contributed by atoms with Gasteiger partial charge in [-0.2, -0.15) is 4.31 Å². The average molecular weight is 379 g/mol. The van der Waals surface area contributed by atoms with Crippen LogP contribution in [0.1, 0.15) is 23.3 Å². The lowest BCUT2D eigenvalue weighted by Gasteiger charge is -2.31. The molecule has 0 bridgehead atoms. The Labute approximate surface area is 152 Å². The Morgan fingerprint density at radius 3 is 2.72 bits per heavy atom. The van der Waals surface area contributed by atoms with Crippen molar-refractivity contribution in [1.82, 2.24) is 9.62 Å². The molecule has 1 N–H and O–H groups in total. The van der Waals surface area contributed by atoms with Crippen LogP contribution in [0.4, 0.5) is 0 Å². The van der Waals surface area contributed by atoms with E-state index >= 15 is 0 Å². The van der Waals surface area contributed by atoms with Gasteiger partial charge in [0.1, 0.15) is 0 Å². The van der Waals surface area contributed by atoms with Crippen molar-refractivity contribution < 1.29 is 13.2 Å². The first kappa shape index (κ1) is 18.1. The highest BCUT2D eigenvalue weighted by molar-refractivity contribution is 7.89. The zero-order valence-electron chi connectivity index (χ0n) is 14.1. The molecule has 1 atom stereocenters. The predicted octanol–water partition coefficient (Wildman–Crippen LogP) is 2.77. The Bertz CT molecular complexity index is 815. The smallest absolute Gasteiger partial charge is 0.243 e. The lowest BCUT2D eigenvalue weighted by Crippen LogP contribution is -2.45. The molecule has 1 aliphatic heterocycles. The number of hydrogen-bond donors (Lipinski definition) is 1. The number of benzene rings is 1. The summed E-state index contributed by atoms with van der Waals surface area (Å²) >= 11 is 1.59. The normalized spacial score (nSPS) is 18.8. The molecule has 0 aliphatic carbocycles. The molecule has 1 amide bonds. The van der Waals surface area contributed by atoms with Crippen molar-refractivity contribution in [2.75, 3.05) is 13.1 Å². The van der Waals surface area contributed by atoms with Gasteiger partial charge in [0.25, 0.3) is 0 Å². The Morgan fingerprint density at radius 1 is 1.28 bits per heavy atom. The molecule has 7 heteroatoms. The third-order valence-electron chi connectivity index (χ3n) is 4.43. The summed E-state index contributed by atoms with van der Waals surface area (Å²) < 4.78 is 27.1. The monoisotopic (exact) mass is 378 g/mol. The van der Waals surface area contributed by atoms with Crippen LogP contribution in [0, 0.1) is 12.8 Å². The van der Waals surface area contributed by atoms with Gasteiger partial charge in [0, 0.05) is 18.0 Å². The highest BCUT2D eigenvalue weighted by Gasteiger charge is 2.33. The summed E-state index contributed by atoms with van der Waals surface area (Å²) in [6.45, 7) is 3.13. The van der Waals surface area contributed by atoms with Gasteiger partial charge in [-0.05, 0) is 43.3 Å². The molecular formula is C18H22N2O3S2. The van der Waals surface area contributed by atoms with Gasteiger partial charge in [-0.1, -0.05) is 23.8 Å². The molecule has 1 aromatic carbocycles. The first-order valence-electron chi connectivity index (χ1n) is 8.34. The average Bonchev–Trinajstić information content (AvgIpc) is 3.14. The number of aryl methyl sites for hydroxylation is 1. The van der Waals surface area contributed by atoms with Gasteiger partial charge in [0.2, 0.25) is 15.9 Å². The van der Waals surface area contributed by atoms with Crippen LogP contribution < -0.4 is 5.32 Å². The number of hydrogen-bond acceptors (Lipinski definition) is 4. The van der Waals surface area contributed by atoms with E-state index in [0.29, 0.717) is 19.5 Å².